The van der Waals surface area contributed by atoms with Gasteiger partial charge in [-0.1, -0.05) is 6.92 Å². The van der Waals surface area contributed by atoms with Crippen molar-refractivity contribution in [3.63, 3.8) is 0 Å². The van der Waals surface area contributed by atoms with Crippen LogP contribution in [0.1, 0.15) is 26.7 Å². The zero-order valence-corrected chi connectivity index (χ0v) is 12.2. The van der Waals surface area contributed by atoms with E-state index in [2.05, 4.69) is 11.8 Å². The molecular formula is C14H27N3O2. The minimum Gasteiger partial charge on any atom is -0.374 e. The molecule has 2 aliphatic rings. The molecule has 2 heterocycles. The van der Waals surface area contributed by atoms with E-state index in [1.54, 1.807) is 0 Å². The normalized spacial score (nSPS) is 31.2. The molecule has 0 saturated carbocycles. The number of carbonyl (C=O) groups excluding carboxylic acids is 1. The lowest BCUT2D eigenvalue weighted by molar-refractivity contribution is -0.136. The Morgan fingerprint density at radius 1 is 1.42 bits per heavy atom. The minimum atomic E-state index is 0.0212. The molecule has 19 heavy (non-hydrogen) atoms. The number of carbonyl (C=O) groups is 1. The van der Waals surface area contributed by atoms with E-state index >= 15 is 0 Å². The standard InChI is InChI=1S/C14H27N3O2/c1-11-4-3-5-17(8-11)14(18)10-16-6-7-19-13(9-16)12(2)15/h11-13H,3-10,15H2,1-2H3. The van der Waals surface area contributed by atoms with Crippen LogP contribution in [-0.2, 0) is 9.53 Å². The molecule has 2 fully saturated rings. The maximum atomic E-state index is 12.3. The second kappa shape index (κ2) is 6.68. The van der Waals surface area contributed by atoms with Gasteiger partial charge < -0.3 is 15.4 Å². The number of hydrogen-bond donors (Lipinski definition) is 1. The summed E-state index contributed by atoms with van der Waals surface area (Å²) in [4.78, 5) is 16.5. The Balaban J connectivity index is 1.81. The van der Waals surface area contributed by atoms with Crippen molar-refractivity contribution in [3.05, 3.63) is 0 Å². The molecule has 0 aromatic heterocycles. The van der Waals surface area contributed by atoms with Gasteiger partial charge in [-0.2, -0.15) is 0 Å². The SMILES string of the molecule is CC1CCCN(C(=O)CN2CCOC(C(C)N)C2)C1. The molecule has 0 aromatic carbocycles. The third kappa shape index (κ3) is 4.16. The zero-order chi connectivity index (χ0) is 13.8. The molecule has 0 bridgehead atoms. The molecule has 5 nitrogen and oxygen atoms in total. The van der Waals surface area contributed by atoms with E-state index in [-0.39, 0.29) is 18.1 Å². The molecule has 0 aliphatic carbocycles. The maximum Gasteiger partial charge on any atom is 0.236 e. The molecule has 2 N–H and O–H groups in total. The third-order valence-corrected chi connectivity index (χ3v) is 4.13. The van der Waals surface area contributed by atoms with Crippen LogP contribution in [0.25, 0.3) is 0 Å². The fourth-order valence-corrected chi connectivity index (χ4v) is 2.90. The first-order valence-corrected chi connectivity index (χ1v) is 7.43. The van der Waals surface area contributed by atoms with Gasteiger partial charge in [0.05, 0.1) is 19.3 Å². The van der Waals surface area contributed by atoms with Crippen LogP contribution < -0.4 is 5.73 Å². The van der Waals surface area contributed by atoms with Crippen LogP contribution in [-0.4, -0.2) is 67.2 Å². The van der Waals surface area contributed by atoms with E-state index in [0.717, 1.165) is 32.6 Å². The van der Waals surface area contributed by atoms with Crippen molar-refractivity contribution in [2.45, 2.75) is 38.8 Å². The number of ether oxygens (including phenoxy) is 1. The second-order valence-electron chi connectivity index (χ2n) is 6.09. The van der Waals surface area contributed by atoms with Crippen LogP contribution in [0.4, 0.5) is 0 Å². The van der Waals surface area contributed by atoms with E-state index in [1.165, 1.54) is 6.42 Å². The number of morpholine rings is 1. The number of amides is 1. The average molecular weight is 269 g/mol. The molecular weight excluding hydrogens is 242 g/mol. The van der Waals surface area contributed by atoms with Crippen LogP contribution in [0, 0.1) is 5.92 Å². The summed E-state index contributed by atoms with van der Waals surface area (Å²) in [5, 5.41) is 0. The Hall–Kier alpha value is -0.650. The summed E-state index contributed by atoms with van der Waals surface area (Å²) in [6.45, 7) is 8.81. The number of rotatable bonds is 3. The summed E-state index contributed by atoms with van der Waals surface area (Å²) in [5.74, 6) is 0.899. The number of piperidine rings is 1. The van der Waals surface area contributed by atoms with Crippen molar-refractivity contribution in [1.29, 1.82) is 0 Å². The molecule has 2 saturated heterocycles. The minimum absolute atomic E-state index is 0.0212. The molecule has 0 spiro atoms. The van der Waals surface area contributed by atoms with E-state index < -0.39 is 0 Å². The first-order valence-electron chi connectivity index (χ1n) is 7.43. The molecule has 2 aliphatic heterocycles. The van der Waals surface area contributed by atoms with Gasteiger partial charge >= 0.3 is 0 Å². The van der Waals surface area contributed by atoms with Crippen molar-refractivity contribution in [2.75, 3.05) is 39.3 Å². The molecule has 5 heteroatoms. The topological polar surface area (TPSA) is 58.8 Å². The molecule has 3 atom stereocenters. The second-order valence-corrected chi connectivity index (χ2v) is 6.09. The lowest BCUT2D eigenvalue weighted by atomic mass is 10.0. The summed E-state index contributed by atoms with van der Waals surface area (Å²) < 4.78 is 5.62. The molecule has 0 aromatic rings. The van der Waals surface area contributed by atoms with Gasteiger partial charge in [0, 0.05) is 32.2 Å². The fourth-order valence-electron chi connectivity index (χ4n) is 2.90. The monoisotopic (exact) mass is 269 g/mol. The average Bonchev–Trinajstić information content (AvgIpc) is 2.39. The van der Waals surface area contributed by atoms with Crippen LogP contribution in [0.5, 0.6) is 0 Å². The maximum absolute atomic E-state index is 12.3. The first-order chi connectivity index (χ1) is 9.06. The Kier molecular flexibility index (Phi) is 5.19. The van der Waals surface area contributed by atoms with E-state index in [4.69, 9.17) is 10.5 Å². The van der Waals surface area contributed by atoms with Crippen molar-refractivity contribution < 1.29 is 9.53 Å². The highest BCUT2D eigenvalue weighted by Gasteiger charge is 2.27. The highest BCUT2D eigenvalue weighted by atomic mass is 16.5. The number of nitrogens with two attached hydrogens (primary N) is 1. The Morgan fingerprint density at radius 3 is 2.89 bits per heavy atom. The zero-order valence-electron chi connectivity index (χ0n) is 12.2. The third-order valence-electron chi connectivity index (χ3n) is 4.13. The number of hydrogen-bond acceptors (Lipinski definition) is 4. The largest absolute Gasteiger partial charge is 0.374 e. The Labute approximate surface area is 116 Å². The molecule has 1 amide bonds. The van der Waals surface area contributed by atoms with Crippen molar-refractivity contribution in [1.82, 2.24) is 9.80 Å². The van der Waals surface area contributed by atoms with E-state index in [9.17, 15) is 4.79 Å². The summed E-state index contributed by atoms with van der Waals surface area (Å²) in [6.07, 6.45) is 2.44. The molecule has 110 valence electrons. The first kappa shape index (κ1) is 14.8. The van der Waals surface area contributed by atoms with Gasteiger partial charge in [0.2, 0.25) is 5.91 Å². The van der Waals surface area contributed by atoms with Crippen LogP contribution in [0.3, 0.4) is 0 Å². The lowest BCUT2D eigenvalue weighted by Gasteiger charge is -2.37. The van der Waals surface area contributed by atoms with Gasteiger partial charge in [-0.3, -0.25) is 9.69 Å². The van der Waals surface area contributed by atoms with Gasteiger partial charge in [-0.25, -0.2) is 0 Å². The smallest absolute Gasteiger partial charge is 0.236 e. The van der Waals surface area contributed by atoms with Crippen LogP contribution >= 0.6 is 0 Å². The highest BCUT2D eigenvalue weighted by Crippen LogP contribution is 2.16. The Morgan fingerprint density at radius 2 is 2.21 bits per heavy atom. The lowest BCUT2D eigenvalue weighted by Crippen LogP contribution is -2.53. The predicted octanol–water partition coefficient (Wildman–Crippen LogP) is 0.293. The number of likely N-dealkylation sites (tertiary alicyclic amines) is 1. The molecule has 3 unspecified atom stereocenters. The number of nitrogens with zero attached hydrogens (tertiary/aromatic N) is 2. The summed E-state index contributed by atoms with van der Waals surface area (Å²) >= 11 is 0. The quantitative estimate of drug-likeness (QED) is 0.800. The summed E-state index contributed by atoms with van der Waals surface area (Å²) in [7, 11) is 0. The van der Waals surface area contributed by atoms with Gasteiger partial charge in [-0.15, -0.1) is 0 Å². The van der Waals surface area contributed by atoms with Crippen molar-refractivity contribution in [3.8, 4) is 0 Å². The van der Waals surface area contributed by atoms with Crippen molar-refractivity contribution >= 4 is 5.91 Å². The van der Waals surface area contributed by atoms with Crippen LogP contribution in [0.2, 0.25) is 0 Å². The van der Waals surface area contributed by atoms with Gasteiger partial charge in [-0.05, 0) is 25.7 Å². The molecule has 2 rings (SSSR count). The molecule has 0 radical (unpaired) electrons. The van der Waals surface area contributed by atoms with E-state index in [0.29, 0.717) is 19.1 Å². The van der Waals surface area contributed by atoms with Crippen LogP contribution in [0.15, 0.2) is 0 Å². The van der Waals surface area contributed by atoms with Gasteiger partial charge in [0.1, 0.15) is 0 Å². The fraction of sp³-hybridized carbons (Fsp3) is 0.929. The Bertz CT molecular complexity index is 309. The highest BCUT2D eigenvalue weighted by molar-refractivity contribution is 5.78. The van der Waals surface area contributed by atoms with Gasteiger partial charge in [0.15, 0.2) is 0 Å². The van der Waals surface area contributed by atoms with Gasteiger partial charge in [0.25, 0.3) is 0 Å². The predicted molar refractivity (Wildman–Crippen MR) is 74.8 cm³/mol. The summed E-state index contributed by atoms with van der Waals surface area (Å²) in [5.41, 5.74) is 5.87. The van der Waals surface area contributed by atoms with Crippen molar-refractivity contribution in [2.24, 2.45) is 11.7 Å². The summed E-state index contributed by atoms with van der Waals surface area (Å²) in [6, 6.07) is 0.0212. The van der Waals surface area contributed by atoms with E-state index in [1.807, 2.05) is 11.8 Å².